The monoisotopic (exact) mass is 423 g/mol. The van der Waals surface area contributed by atoms with Crippen LogP contribution >= 0.6 is 0 Å². The first-order valence-electron chi connectivity index (χ1n) is 9.16. The Morgan fingerprint density at radius 1 is 1.33 bits per heavy atom. The molecule has 0 aliphatic carbocycles. The molecule has 0 saturated heterocycles. The molecule has 0 radical (unpaired) electrons. The largest absolute Gasteiger partial charge is 0.345 e. The molecule has 3 heterocycles. The van der Waals surface area contributed by atoms with Crippen LogP contribution in [0.1, 0.15) is 41.3 Å². The summed E-state index contributed by atoms with van der Waals surface area (Å²) in [7, 11) is 0.234. The topological polar surface area (TPSA) is 136 Å². The summed E-state index contributed by atoms with van der Waals surface area (Å²) in [5.74, 6) is -0.298. The average molecular weight is 424 g/mol. The number of nitrogens with one attached hydrogen (secondary N) is 2. The Hall–Kier alpha value is -3.47. The first-order valence-corrected chi connectivity index (χ1v) is 10.7. The molecule has 9 nitrogen and oxygen atoms in total. The van der Waals surface area contributed by atoms with Gasteiger partial charge in [0.15, 0.2) is 0 Å². The molecule has 0 spiro atoms. The number of hydrogen-bond donors (Lipinski definition) is 2. The molecular formula is C20H21N7O2S. The van der Waals surface area contributed by atoms with Crippen molar-refractivity contribution >= 4 is 27.6 Å². The van der Waals surface area contributed by atoms with Crippen molar-refractivity contribution in [2.75, 3.05) is 12.4 Å². The Bertz CT molecular complexity index is 1220. The summed E-state index contributed by atoms with van der Waals surface area (Å²) in [5.41, 5.74) is 1.11. The molecule has 0 saturated carbocycles. The van der Waals surface area contributed by atoms with E-state index in [-0.39, 0.29) is 34.7 Å². The van der Waals surface area contributed by atoms with Gasteiger partial charge in [-0.1, -0.05) is 26.0 Å². The highest BCUT2D eigenvalue weighted by Crippen LogP contribution is 2.29. The Labute approximate surface area is 175 Å². The van der Waals surface area contributed by atoms with Gasteiger partial charge in [-0.15, -0.1) is 0 Å². The molecular weight excluding hydrogens is 402 g/mol. The summed E-state index contributed by atoms with van der Waals surface area (Å²) in [5, 5.41) is 20.9. The van der Waals surface area contributed by atoms with E-state index in [9.17, 15) is 9.00 Å². The molecule has 2 atom stereocenters. The number of nitriles is 2. The van der Waals surface area contributed by atoms with Crippen LogP contribution in [0.2, 0.25) is 0 Å². The van der Waals surface area contributed by atoms with Crippen LogP contribution in [0.5, 0.6) is 0 Å². The first-order chi connectivity index (χ1) is 14.2. The molecule has 1 unspecified atom stereocenters. The van der Waals surface area contributed by atoms with E-state index >= 15 is 0 Å². The highest BCUT2D eigenvalue weighted by Gasteiger charge is 2.30. The minimum absolute atomic E-state index is 0.0201. The lowest BCUT2D eigenvalue weighted by Crippen LogP contribution is -2.36. The molecule has 3 rings (SSSR count). The Balaban J connectivity index is 2.09. The maximum atomic E-state index is 13.5. The Morgan fingerprint density at radius 2 is 1.97 bits per heavy atom. The molecule has 1 aliphatic heterocycles. The third-order valence-corrected chi connectivity index (χ3v) is 6.78. The van der Waals surface area contributed by atoms with Gasteiger partial charge in [0.25, 0.3) is 5.91 Å². The molecule has 2 N–H and O–H groups in total. The van der Waals surface area contributed by atoms with Crippen molar-refractivity contribution in [3.05, 3.63) is 47.1 Å². The van der Waals surface area contributed by atoms with Crippen molar-refractivity contribution in [1.82, 2.24) is 14.3 Å². The molecule has 1 aliphatic rings. The van der Waals surface area contributed by atoms with Crippen LogP contribution in [0, 0.1) is 28.6 Å². The van der Waals surface area contributed by atoms with Crippen molar-refractivity contribution in [2.45, 2.75) is 24.8 Å². The molecule has 0 fully saturated rings. The van der Waals surface area contributed by atoms with E-state index in [1.807, 2.05) is 32.1 Å². The van der Waals surface area contributed by atoms with Crippen LogP contribution < -0.4 is 10.0 Å². The molecule has 30 heavy (non-hydrogen) atoms. The van der Waals surface area contributed by atoms with E-state index in [1.54, 1.807) is 23.9 Å². The fourth-order valence-electron chi connectivity index (χ4n) is 3.18. The number of nitrogens with zero attached hydrogens (tertiary/aromatic N) is 5. The van der Waals surface area contributed by atoms with Gasteiger partial charge >= 0.3 is 0 Å². The summed E-state index contributed by atoms with van der Waals surface area (Å²) in [6.45, 7) is 4.01. The standard InChI is InChI=1S/C20H21N7O2S/c1-12(2)17-6-5-16-18(30(29,23-3)26-17)11-27(4)19(16)20(28)25-13-7-14(9-21)24-15(8-13)10-22/h5-8,11-12,17H,1-4H3,(H,23,26,29)(H,24,25,28)/t17-,30?/m1/s1. The minimum Gasteiger partial charge on any atom is -0.345 e. The molecule has 2 aromatic heterocycles. The van der Waals surface area contributed by atoms with Gasteiger partial charge in [0.05, 0.1) is 4.90 Å². The van der Waals surface area contributed by atoms with E-state index in [0.29, 0.717) is 10.5 Å². The van der Waals surface area contributed by atoms with Crippen LogP contribution in [-0.4, -0.2) is 32.8 Å². The lowest BCUT2D eigenvalue weighted by atomic mass is 10.0. The molecule has 2 aromatic rings. The molecule has 0 bridgehead atoms. The summed E-state index contributed by atoms with van der Waals surface area (Å²) < 4.78 is 22.3. The van der Waals surface area contributed by atoms with Gasteiger partial charge in [0.2, 0.25) is 0 Å². The predicted molar refractivity (Wildman–Crippen MR) is 113 cm³/mol. The highest BCUT2D eigenvalue weighted by molar-refractivity contribution is 7.91. The predicted octanol–water partition coefficient (Wildman–Crippen LogP) is 2.43. The number of rotatable bonds is 3. The highest BCUT2D eigenvalue weighted by atomic mass is 32.2. The van der Waals surface area contributed by atoms with Crippen LogP contribution in [0.15, 0.2) is 33.7 Å². The molecule has 10 heteroatoms. The number of aryl methyl sites for hydroxylation is 1. The van der Waals surface area contributed by atoms with Crippen LogP contribution in [-0.2, 0) is 17.0 Å². The molecule has 1 amide bonds. The summed E-state index contributed by atoms with van der Waals surface area (Å²) >= 11 is 0. The van der Waals surface area contributed by atoms with Crippen molar-refractivity contribution in [3.8, 4) is 12.1 Å². The van der Waals surface area contributed by atoms with Crippen molar-refractivity contribution in [2.24, 2.45) is 17.3 Å². The van der Waals surface area contributed by atoms with E-state index < -0.39 is 15.8 Å². The number of hydrogen-bond acceptors (Lipinski definition) is 6. The normalized spacial score (nSPS) is 20.0. The van der Waals surface area contributed by atoms with E-state index in [2.05, 4.69) is 19.4 Å². The van der Waals surface area contributed by atoms with E-state index in [0.717, 1.165) is 0 Å². The fourth-order valence-corrected chi connectivity index (χ4v) is 5.10. The van der Waals surface area contributed by atoms with Crippen LogP contribution in [0.3, 0.4) is 0 Å². The number of pyridine rings is 1. The third-order valence-electron chi connectivity index (χ3n) is 4.75. The number of carbonyl (C=O) groups excluding carboxylic acids is 1. The second-order valence-corrected chi connectivity index (χ2v) is 9.22. The number of carbonyl (C=O) groups is 1. The quantitative estimate of drug-likeness (QED) is 0.781. The first kappa shape index (κ1) is 21.2. The zero-order valence-electron chi connectivity index (χ0n) is 17.0. The van der Waals surface area contributed by atoms with Crippen LogP contribution in [0.4, 0.5) is 5.69 Å². The maximum absolute atomic E-state index is 13.5. The fraction of sp³-hybridized carbons (Fsp3) is 0.300. The second-order valence-electron chi connectivity index (χ2n) is 7.13. The van der Waals surface area contributed by atoms with Gasteiger partial charge in [-0.2, -0.15) is 10.5 Å². The number of fused-ring (bicyclic) bond motifs is 1. The summed E-state index contributed by atoms with van der Waals surface area (Å²) in [6.07, 6.45) is 5.30. The summed E-state index contributed by atoms with van der Waals surface area (Å²) in [6, 6.07) is 6.33. The van der Waals surface area contributed by atoms with Crippen molar-refractivity contribution in [1.29, 1.82) is 10.5 Å². The minimum atomic E-state index is -2.93. The van der Waals surface area contributed by atoms with Gasteiger partial charge in [-0.25, -0.2) is 18.3 Å². The van der Waals surface area contributed by atoms with Gasteiger partial charge in [0, 0.05) is 37.6 Å². The van der Waals surface area contributed by atoms with Gasteiger partial charge in [0.1, 0.15) is 39.1 Å². The molecule has 154 valence electrons. The Kier molecular flexibility index (Phi) is 5.74. The van der Waals surface area contributed by atoms with Gasteiger partial charge < -0.3 is 9.88 Å². The number of anilines is 1. The van der Waals surface area contributed by atoms with Crippen LogP contribution in [0.25, 0.3) is 6.08 Å². The number of amides is 1. The van der Waals surface area contributed by atoms with E-state index in [4.69, 9.17) is 10.5 Å². The maximum Gasteiger partial charge on any atom is 0.272 e. The number of aromatic nitrogens is 2. The SMILES string of the molecule is CN=S1(=O)N[C@@H](C(C)C)C=Cc2c1cn(C)c2C(=O)Nc1cc(C#N)nc(C#N)c1. The van der Waals surface area contributed by atoms with Gasteiger partial charge in [-0.3, -0.25) is 4.79 Å². The smallest absolute Gasteiger partial charge is 0.272 e. The van der Waals surface area contributed by atoms with Gasteiger partial charge in [-0.05, 0) is 18.1 Å². The summed E-state index contributed by atoms with van der Waals surface area (Å²) in [4.78, 5) is 17.4. The lowest BCUT2D eigenvalue weighted by Gasteiger charge is -2.19. The average Bonchev–Trinajstić information content (AvgIpc) is 2.99. The lowest BCUT2D eigenvalue weighted by molar-refractivity contribution is 0.101. The van der Waals surface area contributed by atoms with Crippen molar-refractivity contribution < 1.29 is 9.00 Å². The zero-order chi connectivity index (χ0) is 22.1. The zero-order valence-corrected chi connectivity index (χ0v) is 17.8. The van der Waals surface area contributed by atoms with Crippen molar-refractivity contribution in [3.63, 3.8) is 0 Å². The Morgan fingerprint density at radius 3 is 2.50 bits per heavy atom. The van der Waals surface area contributed by atoms with E-state index in [1.165, 1.54) is 19.2 Å². The third kappa shape index (κ3) is 3.83. The molecule has 0 aromatic carbocycles. The second kappa shape index (κ2) is 8.11.